The second kappa shape index (κ2) is 10.3. The summed E-state index contributed by atoms with van der Waals surface area (Å²) in [6.07, 6.45) is 2.41. The van der Waals surface area contributed by atoms with E-state index in [9.17, 15) is 0 Å². The van der Waals surface area contributed by atoms with Gasteiger partial charge in [0.2, 0.25) is 0 Å². The van der Waals surface area contributed by atoms with Crippen LogP contribution < -0.4 is 15.6 Å². The minimum absolute atomic E-state index is 0.161. The number of ether oxygens (including phenoxy) is 1. The maximum atomic E-state index is 6.77. The van der Waals surface area contributed by atoms with Gasteiger partial charge in [0.05, 0.1) is 10.5 Å². The molecule has 172 valence electrons. The van der Waals surface area contributed by atoms with Crippen molar-refractivity contribution in [2.45, 2.75) is 30.2 Å². The van der Waals surface area contributed by atoms with Crippen LogP contribution in [0.3, 0.4) is 0 Å². The highest BCUT2D eigenvalue weighted by atomic mass is 32.2. The summed E-state index contributed by atoms with van der Waals surface area (Å²) in [5.41, 5.74) is 1.39. The molecular weight excluding hydrogens is 448 g/mol. The average molecular weight is 481 g/mol. The van der Waals surface area contributed by atoms with Crippen molar-refractivity contribution in [1.29, 1.82) is 0 Å². The lowest BCUT2D eigenvalue weighted by Gasteiger charge is -2.59. The topological polar surface area (TPSA) is 9.23 Å². The quantitative estimate of drug-likeness (QED) is 0.177. The van der Waals surface area contributed by atoms with E-state index in [1.165, 1.54) is 21.1 Å². The molecule has 1 nitrogen and oxygen atoms in total. The zero-order valence-corrected chi connectivity index (χ0v) is 21.6. The number of hydrogen-bond donors (Lipinski definition) is 0. The van der Waals surface area contributed by atoms with Crippen molar-refractivity contribution < 1.29 is 4.74 Å². The van der Waals surface area contributed by atoms with Gasteiger partial charge in [0.15, 0.2) is 8.07 Å². The summed E-state index contributed by atoms with van der Waals surface area (Å²) in [7, 11) is -2.62. The third kappa shape index (κ3) is 3.76. The van der Waals surface area contributed by atoms with E-state index in [1.807, 2.05) is 0 Å². The van der Waals surface area contributed by atoms with E-state index >= 15 is 0 Å². The Bertz CT molecular complexity index is 1070. The smallest absolute Gasteiger partial charge is 0.172 e. The van der Waals surface area contributed by atoms with E-state index in [1.54, 1.807) is 0 Å². The van der Waals surface area contributed by atoms with Crippen LogP contribution in [-0.2, 0) is 9.11 Å². The SMILES string of the molecule is CCCCO[C@@H]1CS[C@@]1(c1ccccc1)[Si](c1ccccc1)(c1ccccc1)c1ccccc1. The van der Waals surface area contributed by atoms with Crippen LogP contribution in [0.25, 0.3) is 0 Å². The Labute approximate surface area is 209 Å². The summed E-state index contributed by atoms with van der Waals surface area (Å²) in [6, 6.07) is 45.0. The zero-order valence-electron chi connectivity index (χ0n) is 19.8. The van der Waals surface area contributed by atoms with Crippen molar-refractivity contribution in [3.8, 4) is 0 Å². The largest absolute Gasteiger partial charge is 0.376 e. The maximum Gasteiger partial charge on any atom is 0.172 e. The van der Waals surface area contributed by atoms with Gasteiger partial charge >= 0.3 is 0 Å². The minimum atomic E-state index is -2.62. The normalized spacial score (nSPS) is 20.0. The summed E-state index contributed by atoms with van der Waals surface area (Å²) in [5, 5.41) is 4.31. The first-order valence-electron chi connectivity index (χ1n) is 12.3. The average Bonchev–Trinajstić information content (AvgIpc) is 2.91. The maximum absolute atomic E-state index is 6.77. The lowest BCUT2D eigenvalue weighted by Crippen LogP contribution is -2.83. The molecule has 0 saturated carbocycles. The van der Waals surface area contributed by atoms with Crippen molar-refractivity contribution in [2.75, 3.05) is 12.4 Å². The summed E-state index contributed by atoms with van der Waals surface area (Å²) in [5.74, 6) is 1.03. The molecule has 2 atom stereocenters. The molecule has 1 aliphatic rings. The molecular formula is C31H32OSSi. The molecule has 0 aliphatic carbocycles. The summed E-state index contributed by atoms with van der Waals surface area (Å²) < 4.78 is 6.61. The molecule has 4 aromatic rings. The third-order valence-electron chi connectivity index (χ3n) is 7.11. The fourth-order valence-corrected chi connectivity index (χ4v) is 14.6. The van der Waals surface area contributed by atoms with Crippen LogP contribution in [-0.4, -0.2) is 26.5 Å². The molecule has 0 radical (unpaired) electrons. The molecule has 5 rings (SSSR count). The van der Waals surface area contributed by atoms with E-state index in [-0.39, 0.29) is 10.5 Å². The first-order valence-corrected chi connectivity index (χ1v) is 15.3. The van der Waals surface area contributed by atoms with Gasteiger partial charge in [0.1, 0.15) is 0 Å². The van der Waals surface area contributed by atoms with Crippen LogP contribution in [0.1, 0.15) is 25.3 Å². The van der Waals surface area contributed by atoms with E-state index in [2.05, 4.69) is 140 Å². The number of unbranched alkanes of at least 4 members (excludes halogenated alkanes) is 1. The first kappa shape index (κ1) is 23.2. The summed E-state index contributed by atoms with van der Waals surface area (Å²) >= 11 is 2.10. The highest BCUT2D eigenvalue weighted by Crippen LogP contribution is 2.56. The number of thioether (sulfide) groups is 1. The number of hydrogen-bond acceptors (Lipinski definition) is 2. The second-order valence-electron chi connectivity index (χ2n) is 8.97. The molecule has 0 amide bonds. The molecule has 0 N–H and O–H groups in total. The molecule has 34 heavy (non-hydrogen) atoms. The zero-order chi connectivity index (χ0) is 23.3. The Balaban J connectivity index is 1.86. The van der Waals surface area contributed by atoms with Crippen LogP contribution in [0.15, 0.2) is 121 Å². The summed E-state index contributed by atoms with van der Waals surface area (Å²) in [6.45, 7) is 3.06. The van der Waals surface area contributed by atoms with Crippen molar-refractivity contribution in [2.24, 2.45) is 0 Å². The Hall–Kier alpha value is -2.59. The summed E-state index contributed by atoms with van der Waals surface area (Å²) in [4.78, 5) is 0. The van der Waals surface area contributed by atoms with Gasteiger partial charge in [0, 0.05) is 12.4 Å². The van der Waals surface area contributed by atoms with Gasteiger partial charge in [-0.15, -0.1) is 11.8 Å². The molecule has 0 bridgehead atoms. The van der Waals surface area contributed by atoms with E-state index < -0.39 is 8.07 Å². The van der Waals surface area contributed by atoms with E-state index in [0.717, 1.165) is 25.2 Å². The van der Waals surface area contributed by atoms with Crippen LogP contribution in [0.5, 0.6) is 0 Å². The Morgan fingerprint density at radius 2 is 1.15 bits per heavy atom. The Morgan fingerprint density at radius 3 is 1.53 bits per heavy atom. The van der Waals surface area contributed by atoms with Crippen LogP contribution in [0, 0.1) is 0 Å². The standard InChI is InChI=1S/C31H32OSSi/c1-2-3-24-32-30-25-33-31(30,26-16-8-4-9-17-26)34(27-18-10-5-11-19-27,28-20-12-6-13-21-28)29-22-14-7-15-23-29/h4-23,30H,2-3,24-25H2,1H3/t30-,31+/m1/s1. The molecule has 1 saturated heterocycles. The predicted octanol–water partition coefficient (Wildman–Crippen LogP) is 5.52. The van der Waals surface area contributed by atoms with Gasteiger partial charge in [-0.1, -0.05) is 135 Å². The van der Waals surface area contributed by atoms with E-state index in [4.69, 9.17) is 4.74 Å². The van der Waals surface area contributed by atoms with Gasteiger partial charge in [-0.3, -0.25) is 0 Å². The van der Waals surface area contributed by atoms with Gasteiger partial charge in [-0.25, -0.2) is 0 Å². The van der Waals surface area contributed by atoms with Gasteiger partial charge in [0.25, 0.3) is 0 Å². The van der Waals surface area contributed by atoms with E-state index in [0.29, 0.717) is 0 Å². The molecule has 0 spiro atoms. The van der Waals surface area contributed by atoms with Crippen molar-refractivity contribution in [3.05, 3.63) is 127 Å². The van der Waals surface area contributed by atoms with Crippen molar-refractivity contribution in [1.82, 2.24) is 0 Å². The molecule has 1 heterocycles. The van der Waals surface area contributed by atoms with Gasteiger partial charge in [-0.05, 0) is 27.5 Å². The minimum Gasteiger partial charge on any atom is -0.376 e. The highest BCUT2D eigenvalue weighted by Gasteiger charge is 2.66. The molecule has 0 unspecified atom stereocenters. The van der Waals surface area contributed by atoms with Gasteiger partial charge < -0.3 is 4.74 Å². The molecule has 1 fully saturated rings. The van der Waals surface area contributed by atoms with Crippen molar-refractivity contribution >= 4 is 35.4 Å². The van der Waals surface area contributed by atoms with Crippen LogP contribution in [0.4, 0.5) is 0 Å². The highest BCUT2D eigenvalue weighted by molar-refractivity contribution is 8.04. The number of benzene rings is 4. The molecule has 4 aromatic carbocycles. The Morgan fingerprint density at radius 1 is 0.706 bits per heavy atom. The Kier molecular flexibility index (Phi) is 7.05. The fourth-order valence-electron chi connectivity index (χ4n) is 5.58. The number of rotatable bonds is 9. The molecule has 3 heteroatoms. The lowest BCUT2D eigenvalue weighted by atomic mass is 10.1. The first-order chi connectivity index (χ1) is 16.8. The van der Waals surface area contributed by atoms with Crippen LogP contribution >= 0.6 is 11.8 Å². The van der Waals surface area contributed by atoms with Gasteiger partial charge in [-0.2, -0.15) is 0 Å². The lowest BCUT2D eigenvalue weighted by molar-refractivity contribution is 0.0449. The molecule has 0 aromatic heterocycles. The third-order valence-corrected chi connectivity index (χ3v) is 15.2. The fraction of sp³-hybridized carbons (Fsp3) is 0.226. The monoisotopic (exact) mass is 480 g/mol. The predicted molar refractivity (Wildman–Crippen MR) is 149 cm³/mol. The second-order valence-corrected chi connectivity index (χ2v) is 14.6. The van der Waals surface area contributed by atoms with Crippen LogP contribution in [0.2, 0.25) is 0 Å². The van der Waals surface area contributed by atoms with Crippen molar-refractivity contribution in [3.63, 3.8) is 0 Å². The molecule has 1 aliphatic heterocycles.